The lowest BCUT2D eigenvalue weighted by molar-refractivity contribution is 0.202. The van der Waals surface area contributed by atoms with Gasteiger partial charge in [-0.05, 0) is 30.7 Å². The fourth-order valence-electron chi connectivity index (χ4n) is 3.57. The second kappa shape index (κ2) is 5.68. The first-order valence-corrected chi connectivity index (χ1v) is 7.66. The minimum absolute atomic E-state index is 0.0196. The number of hydrogen-bond acceptors (Lipinski definition) is 3. The minimum Gasteiger partial charge on any atom is -0.392 e. The summed E-state index contributed by atoms with van der Waals surface area (Å²) in [7, 11) is 0. The topological polar surface area (TPSA) is 36.4 Å². The smallest absolute Gasteiger partial charge is 0.128 e. The second-order valence-electron chi connectivity index (χ2n) is 5.83. The zero-order chi connectivity index (χ0) is 13.2. The quantitative estimate of drug-likeness (QED) is 0.903. The van der Waals surface area contributed by atoms with E-state index in [0.717, 1.165) is 36.3 Å². The molecule has 3 rings (SSSR count). The van der Waals surface area contributed by atoms with Crippen molar-refractivity contribution < 1.29 is 5.11 Å². The Balaban J connectivity index is 1.75. The van der Waals surface area contributed by atoms with Gasteiger partial charge in [0, 0.05) is 24.8 Å². The van der Waals surface area contributed by atoms with Crippen molar-refractivity contribution in [3.8, 4) is 0 Å². The Labute approximate surface area is 119 Å². The first-order valence-electron chi connectivity index (χ1n) is 7.28. The van der Waals surface area contributed by atoms with Gasteiger partial charge in [-0.3, -0.25) is 0 Å². The Bertz CT molecular complexity index is 452. The van der Waals surface area contributed by atoms with E-state index in [1.165, 1.54) is 32.1 Å². The number of halogens is 1. The molecule has 1 aromatic heterocycles. The van der Waals surface area contributed by atoms with Crippen molar-refractivity contribution in [1.82, 2.24) is 4.98 Å². The number of aliphatic hydroxyl groups is 1. The average molecular weight is 281 g/mol. The van der Waals surface area contributed by atoms with E-state index in [-0.39, 0.29) is 6.61 Å². The standard InChI is InChI=1S/C15H21ClN2O/c16-14-8-17-15(7-13(14)10-19)18-6-5-11-3-1-2-4-12(11)9-18/h7-8,11-12,19H,1-6,9-10H2. The summed E-state index contributed by atoms with van der Waals surface area (Å²) in [6, 6.07) is 1.94. The highest BCUT2D eigenvalue weighted by molar-refractivity contribution is 6.31. The molecule has 0 aromatic carbocycles. The highest BCUT2D eigenvalue weighted by Gasteiger charge is 2.31. The predicted molar refractivity (Wildman–Crippen MR) is 77.4 cm³/mol. The van der Waals surface area contributed by atoms with Crippen LogP contribution >= 0.6 is 11.6 Å². The minimum atomic E-state index is -0.0196. The Hall–Kier alpha value is -0.800. The molecular weight excluding hydrogens is 260 g/mol. The van der Waals surface area contributed by atoms with E-state index in [4.69, 9.17) is 11.6 Å². The van der Waals surface area contributed by atoms with Crippen molar-refractivity contribution in [2.45, 2.75) is 38.7 Å². The van der Waals surface area contributed by atoms with Gasteiger partial charge in [0.15, 0.2) is 0 Å². The number of rotatable bonds is 2. The average Bonchev–Trinajstić information content (AvgIpc) is 2.47. The van der Waals surface area contributed by atoms with Crippen LogP contribution in [0.1, 0.15) is 37.7 Å². The van der Waals surface area contributed by atoms with Gasteiger partial charge in [0.25, 0.3) is 0 Å². The van der Waals surface area contributed by atoms with Crippen LogP contribution in [0.15, 0.2) is 12.3 Å². The third-order valence-electron chi connectivity index (χ3n) is 4.71. The molecule has 104 valence electrons. The molecule has 2 fully saturated rings. The molecular formula is C15H21ClN2O. The van der Waals surface area contributed by atoms with E-state index in [0.29, 0.717) is 5.02 Å². The fraction of sp³-hybridized carbons (Fsp3) is 0.667. The summed E-state index contributed by atoms with van der Waals surface area (Å²) < 4.78 is 0. The largest absolute Gasteiger partial charge is 0.392 e. The van der Waals surface area contributed by atoms with Gasteiger partial charge in [-0.1, -0.05) is 30.9 Å². The lowest BCUT2D eigenvalue weighted by Crippen LogP contribution is -2.42. The van der Waals surface area contributed by atoms with Crippen molar-refractivity contribution in [2.75, 3.05) is 18.0 Å². The highest BCUT2D eigenvalue weighted by atomic mass is 35.5. The molecule has 1 saturated carbocycles. The molecule has 0 amide bonds. The summed E-state index contributed by atoms with van der Waals surface area (Å²) in [5.74, 6) is 2.73. The van der Waals surface area contributed by atoms with Crippen LogP contribution in [0.4, 0.5) is 5.82 Å². The molecule has 2 unspecified atom stereocenters. The van der Waals surface area contributed by atoms with Crippen LogP contribution in [0, 0.1) is 11.8 Å². The number of aliphatic hydroxyl groups excluding tert-OH is 1. The monoisotopic (exact) mass is 280 g/mol. The van der Waals surface area contributed by atoms with Gasteiger partial charge in [-0.2, -0.15) is 0 Å². The van der Waals surface area contributed by atoms with Crippen LogP contribution in [-0.2, 0) is 6.61 Å². The van der Waals surface area contributed by atoms with Gasteiger partial charge in [-0.25, -0.2) is 4.98 Å². The summed E-state index contributed by atoms with van der Waals surface area (Å²) >= 11 is 6.00. The molecule has 3 nitrogen and oxygen atoms in total. The molecule has 2 atom stereocenters. The van der Waals surface area contributed by atoms with Gasteiger partial charge >= 0.3 is 0 Å². The molecule has 0 bridgehead atoms. The van der Waals surface area contributed by atoms with E-state index in [9.17, 15) is 5.11 Å². The predicted octanol–water partition coefficient (Wildman–Crippen LogP) is 3.24. The lowest BCUT2D eigenvalue weighted by Gasteiger charge is -2.41. The Morgan fingerprint density at radius 2 is 2.05 bits per heavy atom. The molecule has 1 saturated heterocycles. The summed E-state index contributed by atoms with van der Waals surface area (Å²) in [6.07, 6.45) is 8.51. The SMILES string of the molecule is OCc1cc(N2CCC3CCCCC3C2)ncc1Cl. The van der Waals surface area contributed by atoms with Gasteiger partial charge in [0.2, 0.25) is 0 Å². The first-order chi connectivity index (χ1) is 9.28. The number of nitrogens with zero attached hydrogens (tertiary/aromatic N) is 2. The summed E-state index contributed by atoms with van der Waals surface area (Å²) in [5.41, 5.74) is 0.775. The zero-order valence-corrected chi connectivity index (χ0v) is 11.9. The van der Waals surface area contributed by atoms with Gasteiger partial charge in [0.1, 0.15) is 5.82 Å². The molecule has 1 aliphatic heterocycles. The molecule has 1 aromatic rings. The van der Waals surface area contributed by atoms with Crippen LogP contribution in [0.5, 0.6) is 0 Å². The maximum Gasteiger partial charge on any atom is 0.128 e. The molecule has 2 heterocycles. The highest BCUT2D eigenvalue weighted by Crippen LogP contribution is 2.37. The fourth-order valence-corrected chi connectivity index (χ4v) is 3.73. The van der Waals surface area contributed by atoms with Crippen molar-refractivity contribution in [1.29, 1.82) is 0 Å². The Morgan fingerprint density at radius 3 is 2.84 bits per heavy atom. The Kier molecular flexibility index (Phi) is 3.94. The normalized spacial score (nSPS) is 27.2. The van der Waals surface area contributed by atoms with Crippen molar-refractivity contribution >= 4 is 17.4 Å². The van der Waals surface area contributed by atoms with E-state index in [1.807, 2.05) is 6.07 Å². The number of anilines is 1. The van der Waals surface area contributed by atoms with Crippen LogP contribution in [0.2, 0.25) is 5.02 Å². The lowest BCUT2D eigenvalue weighted by atomic mass is 9.75. The Morgan fingerprint density at radius 1 is 1.26 bits per heavy atom. The summed E-state index contributed by atoms with van der Waals surface area (Å²) in [5, 5.41) is 9.85. The van der Waals surface area contributed by atoms with Crippen LogP contribution in [0.25, 0.3) is 0 Å². The van der Waals surface area contributed by atoms with E-state index >= 15 is 0 Å². The van der Waals surface area contributed by atoms with Crippen LogP contribution < -0.4 is 4.90 Å². The van der Waals surface area contributed by atoms with Gasteiger partial charge in [0.05, 0.1) is 11.6 Å². The van der Waals surface area contributed by atoms with Crippen molar-refractivity contribution in [2.24, 2.45) is 11.8 Å². The maximum absolute atomic E-state index is 9.30. The number of pyridine rings is 1. The third-order valence-corrected chi connectivity index (χ3v) is 5.05. The number of piperidine rings is 1. The molecule has 1 aliphatic carbocycles. The van der Waals surface area contributed by atoms with E-state index < -0.39 is 0 Å². The van der Waals surface area contributed by atoms with Crippen molar-refractivity contribution in [3.63, 3.8) is 0 Å². The van der Waals surface area contributed by atoms with Crippen molar-refractivity contribution in [3.05, 3.63) is 22.8 Å². The second-order valence-corrected chi connectivity index (χ2v) is 6.24. The first kappa shape index (κ1) is 13.2. The molecule has 0 radical (unpaired) electrons. The maximum atomic E-state index is 9.30. The zero-order valence-electron chi connectivity index (χ0n) is 11.2. The van der Waals surface area contributed by atoms with Gasteiger partial charge < -0.3 is 10.0 Å². The molecule has 4 heteroatoms. The summed E-state index contributed by atoms with van der Waals surface area (Å²) in [6.45, 7) is 2.18. The van der Waals surface area contributed by atoms with Crippen LogP contribution in [0.3, 0.4) is 0 Å². The molecule has 1 N–H and O–H groups in total. The number of hydrogen-bond donors (Lipinski definition) is 1. The van der Waals surface area contributed by atoms with E-state index in [1.54, 1.807) is 6.20 Å². The van der Waals surface area contributed by atoms with E-state index in [2.05, 4.69) is 9.88 Å². The van der Waals surface area contributed by atoms with Crippen LogP contribution in [-0.4, -0.2) is 23.2 Å². The molecule has 19 heavy (non-hydrogen) atoms. The summed E-state index contributed by atoms with van der Waals surface area (Å²) in [4.78, 5) is 6.79. The molecule has 2 aliphatic rings. The number of aromatic nitrogens is 1. The number of fused-ring (bicyclic) bond motifs is 1. The molecule has 0 spiro atoms. The van der Waals surface area contributed by atoms with Gasteiger partial charge in [-0.15, -0.1) is 0 Å². The third kappa shape index (κ3) is 2.72.